The van der Waals surface area contributed by atoms with Crippen molar-refractivity contribution in [2.45, 2.75) is 32.2 Å². The molecule has 0 saturated heterocycles. The topological polar surface area (TPSA) is 58.6 Å². The van der Waals surface area contributed by atoms with E-state index in [1.54, 1.807) is 0 Å². The van der Waals surface area contributed by atoms with Gasteiger partial charge < -0.3 is 15.2 Å². The maximum atomic E-state index is 10.8. The van der Waals surface area contributed by atoms with Crippen LogP contribution in [0.3, 0.4) is 0 Å². The first-order chi connectivity index (χ1) is 6.75. The first-order valence-corrected chi connectivity index (χ1v) is 5.29. The number of carboxylic acids is 1. The fourth-order valence-electron chi connectivity index (χ4n) is 1.42. The van der Waals surface area contributed by atoms with Gasteiger partial charge in [0.05, 0.1) is 6.61 Å². The number of carboxylic acid groups (broad SMARTS) is 1. The summed E-state index contributed by atoms with van der Waals surface area (Å²) in [5.41, 5.74) is 0. The van der Waals surface area contributed by atoms with Gasteiger partial charge in [0.25, 0.3) is 0 Å². The van der Waals surface area contributed by atoms with Crippen LogP contribution in [-0.2, 0) is 9.53 Å². The van der Waals surface area contributed by atoms with E-state index in [1.165, 1.54) is 0 Å². The molecule has 0 radical (unpaired) electrons. The Morgan fingerprint density at radius 2 is 2.29 bits per heavy atom. The zero-order chi connectivity index (χ0) is 10.4. The molecule has 1 saturated carbocycles. The number of hydrogen-bond donors (Lipinski definition) is 2. The second-order valence-electron chi connectivity index (χ2n) is 3.72. The summed E-state index contributed by atoms with van der Waals surface area (Å²) in [4.78, 5) is 10.8. The van der Waals surface area contributed by atoms with Crippen molar-refractivity contribution in [1.29, 1.82) is 0 Å². The summed E-state index contributed by atoms with van der Waals surface area (Å²) in [6.07, 6.45) is 3.09. The second-order valence-corrected chi connectivity index (χ2v) is 3.72. The third kappa shape index (κ3) is 4.07. The van der Waals surface area contributed by atoms with Crippen LogP contribution in [0.1, 0.15) is 26.2 Å². The first-order valence-electron chi connectivity index (χ1n) is 5.29. The molecule has 1 rings (SSSR count). The van der Waals surface area contributed by atoms with Crippen molar-refractivity contribution in [2.75, 3.05) is 19.8 Å². The van der Waals surface area contributed by atoms with Crippen molar-refractivity contribution in [1.82, 2.24) is 5.32 Å². The summed E-state index contributed by atoms with van der Waals surface area (Å²) in [6, 6.07) is -0.361. The molecular weight excluding hydrogens is 182 g/mol. The monoisotopic (exact) mass is 201 g/mol. The second kappa shape index (κ2) is 5.98. The van der Waals surface area contributed by atoms with E-state index in [0.29, 0.717) is 19.1 Å². The molecule has 14 heavy (non-hydrogen) atoms. The maximum absolute atomic E-state index is 10.8. The van der Waals surface area contributed by atoms with Gasteiger partial charge in [-0.1, -0.05) is 6.92 Å². The number of ether oxygens (including phenoxy) is 1. The Labute approximate surface area is 84.6 Å². The molecule has 0 spiro atoms. The van der Waals surface area contributed by atoms with E-state index >= 15 is 0 Å². The molecule has 1 aliphatic rings. The third-order valence-corrected chi connectivity index (χ3v) is 2.32. The quantitative estimate of drug-likeness (QED) is 0.572. The minimum atomic E-state index is -0.733. The first kappa shape index (κ1) is 11.5. The van der Waals surface area contributed by atoms with Crippen LogP contribution in [0.5, 0.6) is 0 Å². The molecule has 4 heteroatoms. The van der Waals surface area contributed by atoms with Crippen LogP contribution >= 0.6 is 0 Å². The fraction of sp³-hybridized carbons (Fsp3) is 0.900. The lowest BCUT2D eigenvalue weighted by atomic mass is 10.2. The number of aliphatic carboxylic acids is 1. The highest BCUT2D eigenvalue weighted by Crippen LogP contribution is 2.32. The standard InChI is InChI=1S/C10H19NO3/c1-2-6-14-7-5-11-9(10(12)13)8-3-4-8/h8-9,11H,2-7H2,1H3,(H,12,13). The number of hydrogen-bond acceptors (Lipinski definition) is 3. The predicted octanol–water partition coefficient (Wildman–Crippen LogP) is 0.866. The normalized spacial score (nSPS) is 18.1. The van der Waals surface area contributed by atoms with Gasteiger partial charge >= 0.3 is 5.97 Å². The van der Waals surface area contributed by atoms with Crippen LogP contribution in [0.2, 0.25) is 0 Å². The van der Waals surface area contributed by atoms with Gasteiger partial charge in [0, 0.05) is 13.2 Å². The van der Waals surface area contributed by atoms with Crippen LogP contribution in [0.25, 0.3) is 0 Å². The lowest BCUT2D eigenvalue weighted by Crippen LogP contribution is -2.40. The minimum Gasteiger partial charge on any atom is -0.480 e. The van der Waals surface area contributed by atoms with Crippen LogP contribution in [0, 0.1) is 5.92 Å². The van der Waals surface area contributed by atoms with Crippen molar-refractivity contribution in [2.24, 2.45) is 5.92 Å². The molecule has 1 aliphatic carbocycles. The Hall–Kier alpha value is -0.610. The van der Waals surface area contributed by atoms with Crippen molar-refractivity contribution in [3.63, 3.8) is 0 Å². The van der Waals surface area contributed by atoms with Gasteiger partial charge in [0.2, 0.25) is 0 Å². The van der Waals surface area contributed by atoms with E-state index in [-0.39, 0.29) is 6.04 Å². The molecule has 0 aromatic rings. The average molecular weight is 201 g/mol. The molecule has 82 valence electrons. The lowest BCUT2D eigenvalue weighted by molar-refractivity contribution is -0.140. The predicted molar refractivity (Wildman–Crippen MR) is 53.3 cm³/mol. The molecule has 0 aromatic heterocycles. The number of nitrogens with one attached hydrogen (secondary N) is 1. The van der Waals surface area contributed by atoms with Gasteiger partial charge in [0.15, 0.2) is 0 Å². The Morgan fingerprint density at radius 1 is 1.57 bits per heavy atom. The van der Waals surface area contributed by atoms with Gasteiger partial charge in [0.1, 0.15) is 6.04 Å². The summed E-state index contributed by atoms with van der Waals surface area (Å²) < 4.78 is 5.26. The van der Waals surface area contributed by atoms with E-state index in [9.17, 15) is 4.79 Å². The van der Waals surface area contributed by atoms with Crippen LogP contribution in [0.15, 0.2) is 0 Å². The molecule has 1 unspecified atom stereocenters. The molecule has 0 bridgehead atoms. The zero-order valence-electron chi connectivity index (χ0n) is 8.66. The molecule has 0 heterocycles. The molecule has 0 aliphatic heterocycles. The lowest BCUT2D eigenvalue weighted by Gasteiger charge is -2.13. The summed E-state index contributed by atoms with van der Waals surface area (Å²) in [6.45, 7) is 4.04. The highest BCUT2D eigenvalue weighted by molar-refractivity contribution is 5.74. The smallest absolute Gasteiger partial charge is 0.320 e. The highest BCUT2D eigenvalue weighted by Gasteiger charge is 2.35. The number of carbonyl (C=O) groups is 1. The van der Waals surface area contributed by atoms with Crippen molar-refractivity contribution in [3.8, 4) is 0 Å². The maximum Gasteiger partial charge on any atom is 0.320 e. The SMILES string of the molecule is CCCOCCNC(C(=O)O)C1CC1. The van der Waals surface area contributed by atoms with Gasteiger partial charge in [-0.25, -0.2) is 0 Å². The van der Waals surface area contributed by atoms with Crippen molar-refractivity contribution in [3.05, 3.63) is 0 Å². The van der Waals surface area contributed by atoms with Crippen molar-refractivity contribution < 1.29 is 14.6 Å². The van der Waals surface area contributed by atoms with Gasteiger partial charge in [-0.15, -0.1) is 0 Å². The van der Waals surface area contributed by atoms with E-state index in [1.807, 2.05) is 0 Å². The molecular formula is C10H19NO3. The van der Waals surface area contributed by atoms with E-state index in [4.69, 9.17) is 9.84 Å². The summed E-state index contributed by atoms with van der Waals surface area (Å²) in [5.74, 6) is -0.387. The van der Waals surface area contributed by atoms with E-state index in [2.05, 4.69) is 12.2 Å². The van der Waals surface area contributed by atoms with Gasteiger partial charge in [-0.3, -0.25) is 4.79 Å². The summed E-state index contributed by atoms with van der Waals surface area (Å²) >= 11 is 0. The van der Waals surface area contributed by atoms with Gasteiger partial charge in [-0.05, 0) is 25.2 Å². The summed E-state index contributed by atoms with van der Waals surface area (Å²) in [5, 5.41) is 11.9. The Morgan fingerprint density at radius 3 is 2.79 bits per heavy atom. The van der Waals surface area contributed by atoms with Gasteiger partial charge in [-0.2, -0.15) is 0 Å². The van der Waals surface area contributed by atoms with E-state index in [0.717, 1.165) is 25.9 Å². The number of rotatable bonds is 8. The molecule has 0 amide bonds. The molecule has 1 atom stereocenters. The largest absolute Gasteiger partial charge is 0.480 e. The van der Waals surface area contributed by atoms with E-state index < -0.39 is 5.97 Å². The third-order valence-electron chi connectivity index (χ3n) is 2.32. The zero-order valence-corrected chi connectivity index (χ0v) is 8.66. The molecule has 0 aromatic carbocycles. The average Bonchev–Trinajstić information content (AvgIpc) is 2.94. The Balaban J connectivity index is 2.05. The van der Waals surface area contributed by atoms with Crippen LogP contribution < -0.4 is 5.32 Å². The molecule has 1 fully saturated rings. The van der Waals surface area contributed by atoms with Crippen molar-refractivity contribution >= 4 is 5.97 Å². The van der Waals surface area contributed by atoms with Crippen LogP contribution in [-0.4, -0.2) is 36.9 Å². The Bertz CT molecular complexity index is 180. The Kier molecular flexibility index (Phi) is 4.90. The minimum absolute atomic E-state index is 0.346. The summed E-state index contributed by atoms with van der Waals surface area (Å²) in [7, 11) is 0. The fourth-order valence-corrected chi connectivity index (χ4v) is 1.42. The van der Waals surface area contributed by atoms with Crippen LogP contribution in [0.4, 0.5) is 0 Å². The molecule has 4 nitrogen and oxygen atoms in total. The molecule has 2 N–H and O–H groups in total. The highest BCUT2D eigenvalue weighted by atomic mass is 16.5.